The zero-order valence-electron chi connectivity index (χ0n) is 22.9. The molecule has 0 amide bonds. The van der Waals surface area contributed by atoms with Gasteiger partial charge in [0.15, 0.2) is 0 Å². The third kappa shape index (κ3) is 5.04. The maximum atomic E-state index is 13.6. The molecule has 41 heavy (non-hydrogen) atoms. The Morgan fingerprint density at radius 1 is 0.927 bits per heavy atom. The third-order valence-electron chi connectivity index (χ3n) is 7.91. The average Bonchev–Trinajstić information content (AvgIpc) is 3.01. The van der Waals surface area contributed by atoms with E-state index in [9.17, 15) is 4.79 Å². The second-order valence-electron chi connectivity index (χ2n) is 10.4. The fourth-order valence-corrected chi connectivity index (χ4v) is 5.87. The number of methoxy groups -OCH3 is 1. The molecule has 3 aliphatic rings. The molecular formula is C34H31ClN2O4. The Balaban J connectivity index is 0.00000302. The second kappa shape index (κ2) is 11.3. The van der Waals surface area contributed by atoms with Crippen LogP contribution >= 0.6 is 12.4 Å². The van der Waals surface area contributed by atoms with Crippen LogP contribution in [0.15, 0.2) is 77.8 Å². The summed E-state index contributed by atoms with van der Waals surface area (Å²) in [6, 6.07) is 23.9. The van der Waals surface area contributed by atoms with Gasteiger partial charge in [-0.1, -0.05) is 30.3 Å². The van der Waals surface area contributed by atoms with E-state index in [1.165, 1.54) is 11.1 Å². The SMILES string of the molecule is COc1ccc(COC(=O)c2ccccc2C2=c3cc4c(cc3Oc3cc5c(cc32)CCCN5)=NCCC4)cc1.Cl. The number of hydrogen-bond acceptors (Lipinski definition) is 6. The number of esters is 1. The molecule has 0 bridgehead atoms. The molecule has 1 N–H and O–H groups in total. The molecular weight excluding hydrogens is 536 g/mol. The van der Waals surface area contributed by atoms with Crippen molar-refractivity contribution >= 4 is 29.6 Å². The summed E-state index contributed by atoms with van der Waals surface area (Å²) in [7, 11) is 1.63. The van der Waals surface area contributed by atoms with Crippen LogP contribution in [0.4, 0.5) is 5.69 Å². The van der Waals surface area contributed by atoms with E-state index in [2.05, 4.69) is 29.6 Å². The summed E-state index contributed by atoms with van der Waals surface area (Å²) in [5, 5.41) is 5.51. The third-order valence-corrected chi connectivity index (χ3v) is 7.91. The first-order valence-corrected chi connectivity index (χ1v) is 13.9. The number of ether oxygens (including phenoxy) is 3. The Morgan fingerprint density at radius 3 is 2.61 bits per heavy atom. The molecule has 0 radical (unpaired) electrons. The lowest BCUT2D eigenvalue weighted by Crippen LogP contribution is -2.26. The Kier molecular flexibility index (Phi) is 7.41. The zero-order valence-corrected chi connectivity index (χ0v) is 23.7. The van der Waals surface area contributed by atoms with Crippen molar-refractivity contribution in [2.24, 2.45) is 4.99 Å². The van der Waals surface area contributed by atoms with Crippen LogP contribution in [-0.2, 0) is 24.2 Å². The summed E-state index contributed by atoms with van der Waals surface area (Å²) >= 11 is 0. The van der Waals surface area contributed by atoms with Crippen LogP contribution in [0.25, 0.3) is 5.57 Å². The average molecular weight is 567 g/mol. The Morgan fingerprint density at radius 2 is 1.76 bits per heavy atom. The van der Waals surface area contributed by atoms with Gasteiger partial charge in [-0.25, -0.2) is 4.79 Å². The fraction of sp³-hybridized carbons (Fsp3) is 0.235. The highest BCUT2D eigenvalue weighted by atomic mass is 35.5. The molecule has 0 fully saturated rings. The van der Waals surface area contributed by atoms with Gasteiger partial charge in [0.25, 0.3) is 0 Å². The molecule has 0 saturated carbocycles. The molecule has 3 heterocycles. The van der Waals surface area contributed by atoms with Crippen molar-refractivity contribution in [3.8, 4) is 17.2 Å². The van der Waals surface area contributed by atoms with E-state index in [4.69, 9.17) is 19.2 Å². The highest BCUT2D eigenvalue weighted by Crippen LogP contribution is 2.41. The van der Waals surface area contributed by atoms with E-state index in [0.717, 1.165) is 94.5 Å². The lowest BCUT2D eigenvalue weighted by atomic mass is 9.87. The van der Waals surface area contributed by atoms with Crippen molar-refractivity contribution < 1.29 is 19.0 Å². The van der Waals surface area contributed by atoms with Gasteiger partial charge in [-0.15, -0.1) is 12.4 Å². The van der Waals surface area contributed by atoms with Gasteiger partial charge < -0.3 is 19.5 Å². The lowest BCUT2D eigenvalue weighted by Gasteiger charge is -2.27. The summed E-state index contributed by atoms with van der Waals surface area (Å²) in [4.78, 5) is 18.3. The van der Waals surface area contributed by atoms with Gasteiger partial charge in [0, 0.05) is 47.3 Å². The van der Waals surface area contributed by atoms with Crippen molar-refractivity contribution in [2.75, 3.05) is 25.5 Å². The molecule has 7 heteroatoms. The number of carbonyl (C=O) groups is 1. The highest BCUT2D eigenvalue weighted by Gasteiger charge is 2.27. The van der Waals surface area contributed by atoms with Crippen LogP contribution in [0.5, 0.6) is 17.2 Å². The number of aryl methyl sites for hydroxylation is 2. The number of nitrogens with one attached hydrogen (secondary N) is 1. The van der Waals surface area contributed by atoms with Crippen molar-refractivity contribution in [3.05, 3.63) is 117 Å². The van der Waals surface area contributed by atoms with Gasteiger partial charge in [-0.3, -0.25) is 4.99 Å². The summed E-state index contributed by atoms with van der Waals surface area (Å²) < 4.78 is 17.6. The smallest absolute Gasteiger partial charge is 0.339 e. The topological polar surface area (TPSA) is 69.2 Å². The second-order valence-corrected chi connectivity index (χ2v) is 10.4. The summed E-state index contributed by atoms with van der Waals surface area (Å²) in [6.45, 7) is 1.96. The molecule has 0 atom stereocenters. The Labute approximate surface area is 245 Å². The predicted molar refractivity (Wildman–Crippen MR) is 161 cm³/mol. The minimum Gasteiger partial charge on any atom is -0.497 e. The van der Waals surface area contributed by atoms with E-state index in [1.807, 2.05) is 48.5 Å². The van der Waals surface area contributed by atoms with Gasteiger partial charge in [0.1, 0.15) is 23.9 Å². The molecule has 6 nitrogen and oxygen atoms in total. The summed E-state index contributed by atoms with van der Waals surface area (Å²) in [5.74, 6) is 1.96. The maximum Gasteiger partial charge on any atom is 0.339 e. The first kappa shape index (κ1) is 26.9. The van der Waals surface area contributed by atoms with Gasteiger partial charge in [0.05, 0.1) is 18.0 Å². The van der Waals surface area contributed by atoms with Gasteiger partial charge in [0.2, 0.25) is 0 Å². The quantitative estimate of drug-likeness (QED) is 0.274. The molecule has 0 aliphatic carbocycles. The summed E-state index contributed by atoms with van der Waals surface area (Å²) in [6.07, 6.45) is 4.10. The number of nitrogens with zero attached hydrogens (tertiary/aromatic N) is 1. The molecule has 3 aliphatic heterocycles. The zero-order chi connectivity index (χ0) is 27.1. The Hall–Kier alpha value is -4.29. The number of benzene rings is 4. The number of anilines is 1. The molecule has 0 aromatic heterocycles. The Bertz CT molecular complexity index is 1770. The lowest BCUT2D eigenvalue weighted by molar-refractivity contribution is 0.0472. The molecule has 0 unspecified atom stereocenters. The largest absolute Gasteiger partial charge is 0.497 e. The number of hydrogen-bond donors (Lipinski definition) is 1. The number of halogens is 1. The number of carbonyl (C=O) groups excluding carboxylic acids is 1. The highest BCUT2D eigenvalue weighted by molar-refractivity contribution is 5.99. The molecule has 208 valence electrons. The van der Waals surface area contributed by atoms with E-state index in [1.54, 1.807) is 7.11 Å². The summed E-state index contributed by atoms with van der Waals surface area (Å²) in [5.41, 5.74) is 7.86. The van der Waals surface area contributed by atoms with Crippen molar-refractivity contribution in [1.82, 2.24) is 0 Å². The standard InChI is InChI=1S/C34H30N2O4.ClH/c1-38-24-12-10-21(11-13-24)20-39-34(37)26-9-3-2-8-25(26)33-27-16-22-6-4-14-35-29(22)18-31(27)40-32-19-30-23(17-28(32)33)7-5-15-36-30;/h2-3,8-13,16-19,35H,4-7,14-15,20H2,1H3;1H. The first-order chi connectivity index (χ1) is 19.7. The van der Waals surface area contributed by atoms with Crippen LogP contribution in [-0.4, -0.2) is 26.2 Å². The van der Waals surface area contributed by atoms with E-state index in [-0.39, 0.29) is 25.0 Å². The predicted octanol–water partition coefficient (Wildman–Crippen LogP) is 5.75. The molecule has 0 spiro atoms. The van der Waals surface area contributed by atoms with Gasteiger partial charge in [-0.2, -0.15) is 0 Å². The first-order valence-electron chi connectivity index (χ1n) is 13.9. The van der Waals surface area contributed by atoms with Gasteiger partial charge in [-0.05, 0) is 78.3 Å². The van der Waals surface area contributed by atoms with E-state index in [0.29, 0.717) is 5.56 Å². The number of rotatable bonds is 5. The maximum absolute atomic E-state index is 13.6. The van der Waals surface area contributed by atoms with E-state index < -0.39 is 0 Å². The minimum atomic E-state index is -0.360. The minimum absolute atomic E-state index is 0. The van der Waals surface area contributed by atoms with Crippen molar-refractivity contribution in [2.45, 2.75) is 32.3 Å². The molecule has 4 aromatic rings. The normalized spacial score (nSPS) is 14.4. The number of fused-ring (bicyclic) bond motifs is 4. The van der Waals surface area contributed by atoms with Crippen LogP contribution in [0.3, 0.4) is 0 Å². The molecule has 7 rings (SSSR count). The van der Waals surface area contributed by atoms with Crippen LogP contribution in [0.2, 0.25) is 0 Å². The fourth-order valence-electron chi connectivity index (χ4n) is 5.87. The van der Waals surface area contributed by atoms with Crippen LogP contribution in [0, 0.1) is 0 Å². The van der Waals surface area contributed by atoms with Crippen LogP contribution < -0.4 is 25.4 Å². The molecule has 0 saturated heterocycles. The van der Waals surface area contributed by atoms with Crippen LogP contribution in [0.1, 0.15) is 51.0 Å². The van der Waals surface area contributed by atoms with Gasteiger partial charge >= 0.3 is 5.97 Å². The van der Waals surface area contributed by atoms with E-state index >= 15 is 0 Å². The monoisotopic (exact) mass is 566 g/mol. The van der Waals surface area contributed by atoms with Crippen molar-refractivity contribution in [3.63, 3.8) is 0 Å². The van der Waals surface area contributed by atoms with Crippen molar-refractivity contribution in [1.29, 1.82) is 0 Å². The molecule has 4 aromatic carbocycles.